The highest BCUT2D eigenvalue weighted by atomic mass is 32.2. The average molecular weight is 393 g/mol. The Labute approximate surface area is 162 Å². The van der Waals surface area contributed by atoms with Crippen LogP contribution in [0.25, 0.3) is 10.9 Å². The molecule has 142 valence electrons. The Morgan fingerprint density at radius 1 is 1.15 bits per heavy atom. The number of fused-ring (bicyclic) bond motifs is 1. The lowest BCUT2D eigenvalue weighted by molar-refractivity contribution is -0.169. The van der Waals surface area contributed by atoms with Crippen molar-refractivity contribution in [1.82, 2.24) is 4.98 Å². The number of aromatic nitrogens is 1. The predicted octanol–water partition coefficient (Wildman–Crippen LogP) is 5.10. The largest absolute Gasteiger partial charge is 0.464 e. The topological polar surface area (TPSA) is 48.4 Å². The molecule has 0 fully saturated rings. The van der Waals surface area contributed by atoms with Crippen molar-refractivity contribution in [3.8, 4) is 0 Å². The molecule has 0 bridgehead atoms. The number of thioether (sulfide) groups is 1. The molecule has 6 heteroatoms. The molecule has 0 aliphatic heterocycles. The van der Waals surface area contributed by atoms with E-state index in [0.29, 0.717) is 34.4 Å². The second kappa shape index (κ2) is 10.9. The summed E-state index contributed by atoms with van der Waals surface area (Å²) in [5.41, 5.74) is 1.14. The summed E-state index contributed by atoms with van der Waals surface area (Å²) in [6, 6.07) is 12.3. The van der Waals surface area contributed by atoms with Crippen LogP contribution in [0.5, 0.6) is 0 Å². The van der Waals surface area contributed by atoms with E-state index in [2.05, 4.69) is 25.1 Å². The number of pyridine rings is 1. The van der Waals surface area contributed by atoms with Gasteiger partial charge in [-0.15, -0.1) is 20.3 Å². The Kier molecular flexibility index (Phi) is 8.83. The summed E-state index contributed by atoms with van der Waals surface area (Å²) in [5, 5.41) is 2.17. The Hall–Kier alpha value is -1.16. The van der Waals surface area contributed by atoms with E-state index in [-0.39, 0.29) is 5.97 Å². The van der Waals surface area contributed by atoms with Crippen LogP contribution in [-0.4, -0.2) is 41.4 Å². The van der Waals surface area contributed by atoms with Gasteiger partial charge in [0.05, 0.1) is 17.1 Å². The average Bonchev–Trinajstić information content (AvgIpc) is 2.65. The maximum absolute atomic E-state index is 12.5. The monoisotopic (exact) mass is 393 g/mol. The second-order valence-corrected chi connectivity index (χ2v) is 8.67. The van der Waals surface area contributed by atoms with E-state index in [0.717, 1.165) is 27.8 Å². The Morgan fingerprint density at radius 2 is 1.96 bits per heavy atom. The van der Waals surface area contributed by atoms with Crippen LogP contribution < -0.4 is 0 Å². The first kappa shape index (κ1) is 21.1. The third kappa shape index (κ3) is 5.67. The first-order chi connectivity index (χ1) is 12.6. The number of nitrogens with zero attached hydrogens (tertiary/aromatic N) is 1. The predicted molar refractivity (Wildman–Crippen MR) is 112 cm³/mol. The SMILES string of the molecule is CCCC(CPCSc1ccc2ccccc2n1)(OCC)C(=O)OCC. The van der Waals surface area contributed by atoms with Crippen molar-refractivity contribution in [1.29, 1.82) is 0 Å². The zero-order valence-corrected chi connectivity index (χ0v) is 17.6. The Bertz CT molecular complexity index is 704. The highest BCUT2D eigenvalue weighted by molar-refractivity contribution is 8.03. The molecule has 2 atom stereocenters. The molecule has 1 heterocycles. The summed E-state index contributed by atoms with van der Waals surface area (Å²) in [4.78, 5) is 17.2. The van der Waals surface area contributed by atoms with Gasteiger partial charge in [-0.1, -0.05) is 37.6 Å². The van der Waals surface area contributed by atoms with Crippen LogP contribution in [0.3, 0.4) is 0 Å². The zero-order valence-electron chi connectivity index (χ0n) is 15.8. The molecule has 0 aliphatic carbocycles. The van der Waals surface area contributed by atoms with Crippen LogP contribution in [0.4, 0.5) is 0 Å². The number of hydrogen-bond acceptors (Lipinski definition) is 5. The van der Waals surface area contributed by atoms with Gasteiger partial charge >= 0.3 is 5.97 Å². The first-order valence-electron chi connectivity index (χ1n) is 9.15. The molecule has 0 saturated carbocycles. The number of benzene rings is 1. The molecule has 0 saturated heterocycles. The first-order valence-corrected chi connectivity index (χ1v) is 11.6. The molecule has 0 amide bonds. The minimum absolute atomic E-state index is 0.218. The van der Waals surface area contributed by atoms with E-state index in [4.69, 9.17) is 14.5 Å². The maximum Gasteiger partial charge on any atom is 0.338 e. The molecule has 1 aromatic heterocycles. The number of carbonyl (C=O) groups excluding carboxylic acids is 1. The fourth-order valence-electron chi connectivity index (χ4n) is 2.89. The standard InChI is InChI=1S/C20H28NO3PS/c1-4-13-20(24-6-3,19(22)23-5-2)14-25-15-26-18-12-11-16-9-7-8-10-17(16)21-18/h7-12,25H,4-6,13-15H2,1-3H3. The van der Waals surface area contributed by atoms with Gasteiger partial charge in [0.15, 0.2) is 5.60 Å². The lowest BCUT2D eigenvalue weighted by Crippen LogP contribution is -2.45. The summed E-state index contributed by atoms with van der Waals surface area (Å²) < 4.78 is 11.2. The number of esters is 1. The smallest absolute Gasteiger partial charge is 0.338 e. The second-order valence-electron chi connectivity index (χ2n) is 5.96. The molecular formula is C20H28NO3PS. The molecular weight excluding hydrogens is 365 g/mol. The van der Waals surface area contributed by atoms with Gasteiger partial charge in [-0.3, -0.25) is 0 Å². The minimum atomic E-state index is -0.796. The van der Waals surface area contributed by atoms with Crippen LogP contribution in [0, 0.1) is 0 Å². The quantitative estimate of drug-likeness (QED) is 0.230. The van der Waals surface area contributed by atoms with Crippen LogP contribution in [-0.2, 0) is 14.3 Å². The van der Waals surface area contributed by atoms with Gasteiger partial charge in [-0.25, -0.2) is 9.78 Å². The lowest BCUT2D eigenvalue weighted by Gasteiger charge is -2.31. The van der Waals surface area contributed by atoms with E-state index in [9.17, 15) is 4.79 Å². The van der Waals surface area contributed by atoms with Gasteiger partial charge in [0.25, 0.3) is 0 Å². The van der Waals surface area contributed by atoms with Crippen LogP contribution in [0.2, 0.25) is 0 Å². The molecule has 0 aliphatic rings. The summed E-state index contributed by atoms with van der Waals surface area (Å²) >= 11 is 1.73. The minimum Gasteiger partial charge on any atom is -0.464 e. The highest BCUT2D eigenvalue weighted by Crippen LogP contribution is 2.33. The summed E-state index contributed by atoms with van der Waals surface area (Å²) in [7, 11) is 0.600. The molecule has 0 radical (unpaired) electrons. The number of ether oxygens (including phenoxy) is 2. The van der Waals surface area contributed by atoms with Gasteiger partial charge in [-0.05, 0) is 32.4 Å². The molecule has 2 aromatic rings. The third-order valence-electron chi connectivity index (χ3n) is 4.03. The van der Waals surface area contributed by atoms with Crippen molar-refractivity contribution in [3.63, 3.8) is 0 Å². The van der Waals surface area contributed by atoms with Crippen molar-refractivity contribution in [2.75, 3.05) is 24.9 Å². The van der Waals surface area contributed by atoms with Gasteiger partial charge in [0, 0.05) is 23.6 Å². The molecule has 1 aromatic carbocycles. The Balaban J connectivity index is 1.95. The fraction of sp³-hybridized carbons (Fsp3) is 0.500. The van der Waals surface area contributed by atoms with Crippen molar-refractivity contribution in [2.24, 2.45) is 0 Å². The van der Waals surface area contributed by atoms with Crippen molar-refractivity contribution in [3.05, 3.63) is 36.4 Å². The van der Waals surface area contributed by atoms with E-state index < -0.39 is 5.60 Å². The molecule has 2 unspecified atom stereocenters. The van der Waals surface area contributed by atoms with Crippen molar-refractivity contribution < 1.29 is 14.3 Å². The van der Waals surface area contributed by atoms with E-state index in [1.165, 1.54) is 0 Å². The van der Waals surface area contributed by atoms with E-state index >= 15 is 0 Å². The zero-order chi connectivity index (χ0) is 18.8. The number of para-hydroxylation sites is 1. The molecule has 0 N–H and O–H groups in total. The summed E-state index contributed by atoms with van der Waals surface area (Å²) in [6.07, 6.45) is 2.29. The number of hydrogen-bond donors (Lipinski definition) is 0. The van der Waals surface area contributed by atoms with Crippen molar-refractivity contribution >= 4 is 37.2 Å². The molecule has 0 spiro atoms. The van der Waals surface area contributed by atoms with Crippen molar-refractivity contribution in [2.45, 2.75) is 44.2 Å². The van der Waals surface area contributed by atoms with E-state index in [1.807, 2.05) is 32.0 Å². The molecule has 26 heavy (non-hydrogen) atoms. The van der Waals surface area contributed by atoms with Gasteiger partial charge in [0.1, 0.15) is 0 Å². The fourth-order valence-corrected chi connectivity index (χ4v) is 5.46. The van der Waals surface area contributed by atoms with Gasteiger partial charge in [0.2, 0.25) is 0 Å². The highest BCUT2D eigenvalue weighted by Gasteiger charge is 2.39. The molecule has 4 nitrogen and oxygen atoms in total. The lowest BCUT2D eigenvalue weighted by atomic mass is 10.0. The maximum atomic E-state index is 12.5. The van der Waals surface area contributed by atoms with Crippen LogP contribution in [0.15, 0.2) is 41.4 Å². The Morgan fingerprint density at radius 3 is 2.69 bits per heavy atom. The third-order valence-corrected chi connectivity index (χ3v) is 6.77. The number of rotatable bonds is 11. The summed E-state index contributed by atoms with van der Waals surface area (Å²) in [5.74, 6) is -0.218. The van der Waals surface area contributed by atoms with Crippen LogP contribution >= 0.6 is 20.3 Å². The number of carbonyl (C=O) groups is 1. The van der Waals surface area contributed by atoms with Gasteiger partial charge < -0.3 is 9.47 Å². The summed E-state index contributed by atoms with van der Waals surface area (Å²) in [6.45, 7) is 6.74. The molecule has 2 rings (SSSR count). The van der Waals surface area contributed by atoms with Crippen LogP contribution in [0.1, 0.15) is 33.6 Å². The van der Waals surface area contributed by atoms with E-state index in [1.54, 1.807) is 11.8 Å². The van der Waals surface area contributed by atoms with Gasteiger partial charge in [-0.2, -0.15) is 0 Å². The normalized spacial score (nSPS) is 14.0.